The lowest BCUT2D eigenvalue weighted by molar-refractivity contribution is -0.0170. The van der Waals surface area contributed by atoms with Gasteiger partial charge in [0.05, 0.1) is 17.9 Å². The van der Waals surface area contributed by atoms with Crippen LogP contribution in [0.1, 0.15) is 46.7 Å². The summed E-state index contributed by atoms with van der Waals surface area (Å²) in [7, 11) is 0. The third kappa shape index (κ3) is 5.99. The first-order valence-corrected chi connectivity index (χ1v) is 10.1. The Balaban J connectivity index is 1.70. The van der Waals surface area contributed by atoms with Gasteiger partial charge in [0.25, 0.3) is 11.8 Å². The third-order valence-corrected chi connectivity index (χ3v) is 4.76. The summed E-state index contributed by atoms with van der Waals surface area (Å²) in [4.78, 5) is 29.6. The van der Waals surface area contributed by atoms with Crippen molar-refractivity contribution in [1.82, 2.24) is 10.3 Å². The molecule has 9 heteroatoms. The van der Waals surface area contributed by atoms with Gasteiger partial charge in [0, 0.05) is 31.5 Å². The summed E-state index contributed by atoms with van der Waals surface area (Å²) >= 11 is 0. The highest BCUT2D eigenvalue weighted by atomic mass is 19.1. The van der Waals surface area contributed by atoms with Crippen molar-refractivity contribution in [2.45, 2.75) is 26.9 Å². The van der Waals surface area contributed by atoms with Gasteiger partial charge in [0.15, 0.2) is 12.5 Å². The topological polar surface area (TPSA) is 98.8 Å². The first-order valence-electron chi connectivity index (χ1n) is 10.1. The SMILES string of the molecule is CCOCCC(C)CNC(=O)c1ncccc1NC(=O)c1cc(F)cc2c1OCOC2. The molecule has 0 spiro atoms. The van der Waals surface area contributed by atoms with E-state index in [1.807, 2.05) is 13.8 Å². The van der Waals surface area contributed by atoms with Gasteiger partial charge in [-0.2, -0.15) is 0 Å². The number of anilines is 1. The summed E-state index contributed by atoms with van der Waals surface area (Å²) in [6, 6.07) is 5.52. The van der Waals surface area contributed by atoms with Crippen molar-refractivity contribution in [3.05, 3.63) is 53.1 Å². The fraction of sp³-hybridized carbons (Fsp3) is 0.409. The summed E-state index contributed by atoms with van der Waals surface area (Å²) in [5.41, 5.74) is 0.763. The Hall–Kier alpha value is -3.04. The summed E-state index contributed by atoms with van der Waals surface area (Å²) in [6.45, 7) is 5.80. The number of nitrogens with zero attached hydrogens (tertiary/aromatic N) is 1. The minimum atomic E-state index is -0.607. The molecule has 1 aliphatic rings. The number of pyridine rings is 1. The molecule has 2 N–H and O–H groups in total. The smallest absolute Gasteiger partial charge is 0.272 e. The quantitative estimate of drug-likeness (QED) is 0.592. The first-order chi connectivity index (χ1) is 15.0. The van der Waals surface area contributed by atoms with E-state index in [9.17, 15) is 14.0 Å². The second-order valence-corrected chi connectivity index (χ2v) is 7.21. The lowest BCUT2D eigenvalue weighted by atomic mass is 10.1. The number of aromatic nitrogens is 1. The highest BCUT2D eigenvalue weighted by Gasteiger charge is 2.23. The lowest BCUT2D eigenvalue weighted by Crippen LogP contribution is -2.30. The third-order valence-electron chi connectivity index (χ3n) is 4.76. The number of hydrogen-bond donors (Lipinski definition) is 2. The Morgan fingerprint density at radius 2 is 2.16 bits per heavy atom. The maximum Gasteiger partial charge on any atom is 0.272 e. The minimum Gasteiger partial charge on any atom is -0.466 e. The van der Waals surface area contributed by atoms with Crippen LogP contribution in [0.2, 0.25) is 0 Å². The summed E-state index contributed by atoms with van der Waals surface area (Å²) in [5, 5.41) is 5.47. The number of carbonyl (C=O) groups excluding carboxylic acids is 2. The van der Waals surface area contributed by atoms with E-state index in [0.29, 0.717) is 25.3 Å². The molecule has 0 fully saturated rings. The van der Waals surface area contributed by atoms with Crippen LogP contribution in [0.5, 0.6) is 5.75 Å². The van der Waals surface area contributed by atoms with Gasteiger partial charge in [0.2, 0.25) is 0 Å². The second-order valence-electron chi connectivity index (χ2n) is 7.21. The molecule has 8 nitrogen and oxygen atoms in total. The van der Waals surface area contributed by atoms with Crippen molar-refractivity contribution in [2.75, 3.05) is 31.9 Å². The Bertz CT molecular complexity index is 937. The highest BCUT2D eigenvalue weighted by Crippen LogP contribution is 2.30. The van der Waals surface area contributed by atoms with Gasteiger partial charge >= 0.3 is 0 Å². The van der Waals surface area contributed by atoms with Crippen LogP contribution >= 0.6 is 0 Å². The first kappa shape index (κ1) is 22.6. The lowest BCUT2D eigenvalue weighted by Gasteiger charge is -2.20. The van der Waals surface area contributed by atoms with Gasteiger partial charge in [-0.1, -0.05) is 6.92 Å². The van der Waals surface area contributed by atoms with E-state index in [0.717, 1.165) is 12.5 Å². The molecular weight excluding hydrogens is 405 g/mol. The van der Waals surface area contributed by atoms with Gasteiger partial charge < -0.3 is 24.8 Å². The summed E-state index contributed by atoms with van der Waals surface area (Å²) in [6.07, 6.45) is 2.28. The van der Waals surface area contributed by atoms with Crippen LogP contribution in [-0.2, 0) is 16.1 Å². The molecule has 0 bridgehead atoms. The van der Waals surface area contributed by atoms with Crippen molar-refractivity contribution in [2.24, 2.45) is 5.92 Å². The average Bonchev–Trinajstić information content (AvgIpc) is 2.77. The molecule has 3 rings (SSSR count). The number of hydrogen-bond acceptors (Lipinski definition) is 6. The summed E-state index contributed by atoms with van der Waals surface area (Å²) < 4.78 is 29.8. The van der Waals surface area contributed by atoms with Gasteiger partial charge in [-0.25, -0.2) is 9.37 Å². The van der Waals surface area contributed by atoms with Crippen molar-refractivity contribution in [3.63, 3.8) is 0 Å². The van der Waals surface area contributed by atoms with Gasteiger partial charge in [0.1, 0.15) is 11.6 Å². The Morgan fingerprint density at radius 3 is 2.97 bits per heavy atom. The van der Waals surface area contributed by atoms with Crippen molar-refractivity contribution in [1.29, 1.82) is 0 Å². The monoisotopic (exact) mass is 431 g/mol. The number of ether oxygens (including phenoxy) is 3. The van der Waals surface area contributed by atoms with Gasteiger partial charge in [-0.15, -0.1) is 0 Å². The predicted molar refractivity (Wildman–Crippen MR) is 111 cm³/mol. The molecule has 0 saturated carbocycles. The average molecular weight is 431 g/mol. The number of amides is 2. The number of rotatable bonds is 9. The van der Waals surface area contributed by atoms with Crippen molar-refractivity contribution < 1.29 is 28.2 Å². The number of carbonyl (C=O) groups is 2. The molecule has 2 amide bonds. The molecule has 1 aliphatic heterocycles. The van der Waals surface area contributed by atoms with Crippen LogP contribution in [0.4, 0.5) is 10.1 Å². The van der Waals surface area contributed by atoms with Crippen LogP contribution in [0.25, 0.3) is 0 Å². The van der Waals surface area contributed by atoms with E-state index in [4.69, 9.17) is 14.2 Å². The Morgan fingerprint density at radius 1 is 1.32 bits per heavy atom. The maximum atomic E-state index is 14.0. The van der Waals surface area contributed by atoms with Crippen LogP contribution in [-0.4, -0.2) is 43.3 Å². The van der Waals surface area contributed by atoms with E-state index in [1.165, 1.54) is 12.3 Å². The minimum absolute atomic E-state index is 0.0260. The van der Waals surface area contributed by atoms with Crippen LogP contribution in [0.15, 0.2) is 30.5 Å². The second kappa shape index (κ2) is 10.8. The molecule has 0 aliphatic carbocycles. The van der Waals surface area contributed by atoms with Gasteiger partial charge in [-0.05, 0) is 43.5 Å². The molecule has 0 saturated heterocycles. The standard InChI is InChI=1S/C22H26FN3O5/c1-3-29-8-6-14(2)11-25-22(28)19-18(5-4-7-24-19)26-21(27)17-10-16(23)9-15-12-30-13-31-20(15)17/h4-5,7,9-10,14H,3,6,8,11-13H2,1-2H3,(H,25,28)(H,26,27). The fourth-order valence-corrected chi connectivity index (χ4v) is 3.11. The molecular formula is C22H26FN3O5. The predicted octanol–water partition coefficient (Wildman–Crippen LogP) is 3.13. The largest absolute Gasteiger partial charge is 0.466 e. The van der Waals surface area contributed by atoms with Crippen LogP contribution in [0.3, 0.4) is 0 Å². The Labute approximate surface area is 180 Å². The van der Waals surface area contributed by atoms with Crippen LogP contribution < -0.4 is 15.4 Å². The van der Waals surface area contributed by atoms with Crippen molar-refractivity contribution in [3.8, 4) is 5.75 Å². The zero-order valence-corrected chi connectivity index (χ0v) is 17.6. The van der Waals surface area contributed by atoms with E-state index in [1.54, 1.807) is 12.1 Å². The van der Waals surface area contributed by atoms with E-state index < -0.39 is 17.6 Å². The Kier molecular flexibility index (Phi) is 7.91. The number of nitrogens with one attached hydrogen (secondary N) is 2. The van der Waals surface area contributed by atoms with Gasteiger partial charge in [-0.3, -0.25) is 9.59 Å². The maximum absolute atomic E-state index is 14.0. The molecule has 31 heavy (non-hydrogen) atoms. The molecule has 0 radical (unpaired) electrons. The highest BCUT2D eigenvalue weighted by molar-refractivity contribution is 6.09. The number of benzene rings is 1. The van der Waals surface area contributed by atoms with Crippen molar-refractivity contribution >= 4 is 17.5 Å². The number of fused-ring (bicyclic) bond motifs is 1. The van der Waals surface area contributed by atoms with E-state index in [-0.39, 0.29) is 42.0 Å². The zero-order chi connectivity index (χ0) is 22.2. The van der Waals surface area contributed by atoms with E-state index >= 15 is 0 Å². The molecule has 1 atom stereocenters. The molecule has 1 aromatic heterocycles. The molecule has 2 heterocycles. The summed E-state index contributed by atoms with van der Waals surface area (Å²) in [5.74, 6) is -1.11. The molecule has 166 valence electrons. The fourth-order valence-electron chi connectivity index (χ4n) is 3.11. The normalized spacial score (nSPS) is 13.6. The van der Waals surface area contributed by atoms with E-state index in [2.05, 4.69) is 15.6 Å². The zero-order valence-electron chi connectivity index (χ0n) is 17.6. The van der Waals surface area contributed by atoms with Crippen LogP contribution in [0, 0.1) is 11.7 Å². The molecule has 1 aromatic carbocycles. The molecule has 1 unspecified atom stereocenters. The molecule has 2 aromatic rings. The number of halogens is 1.